The first-order valence-corrected chi connectivity index (χ1v) is 9.70. The lowest BCUT2D eigenvalue weighted by Gasteiger charge is -2.48. The average Bonchev–Trinajstić information content (AvgIpc) is 2.93. The summed E-state index contributed by atoms with van der Waals surface area (Å²) in [6.07, 6.45) is 0. The summed E-state index contributed by atoms with van der Waals surface area (Å²) in [6, 6.07) is 0. The molecule has 0 bridgehead atoms. The monoisotopic (exact) mass is 338 g/mol. The minimum Gasteiger partial charge on any atom is -0.498 e. The van der Waals surface area contributed by atoms with Crippen molar-refractivity contribution < 1.29 is 4.74 Å². The lowest BCUT2D eigenvalue weighted by Crippen LogP contribution is -2.63. The zero-order chi connectivity index (χ0) is 19.8. The molecule has 0 fully saturated rings. The molecule has 1 aliphatic heterocycles. The van der Waals surface area contributed by atoms with Gasteiger partial charge in [0.25, 0.3) is 0 Å². The van der Waals surface area contributed by atoms with Crippen molar-refractivity contribution in [1.82, 2.24) is 9.88 Å². The van der Waals surface area contributed by atoms with Crippen molar-refractivity contribution in [3.8, 4) is 5.75 Å². The Kier molecular flexibility index (Phi) is 4.43. The summed E-state index contributed by atoms with van der Waals surface area (Å²) in [7, 11) is 25.0. The van der Waals surface area contributed by atoms with E-state index in [2.05, 4.69) is 87.5 Å². The summed E-state index contributed by atoms with van der Waals surface area (Å²) in [5, 5.41) is 1.49. The fourth-order valence-electron chi connectivity index (χ4n) is 5.00. The van der Waals surface area contributed by atoms with E-state index in [9.17, 15) is 0 Å². The van der Waals surface area contributed by atoms with E-state index in [-0.39, 0.29) is 15.8 Å². The number of benzene rings is 1. The maximum Gasteiger partial charge on any atom is 0.146 e. The molecule has 0 amide bonds. The second-order valence-corrected chi connectivity index (χ2v) is 9.96. The normalized spacial score (nSPS) is 21.2. The predicted octanol–water partition coefficient (Wildman–Crippen LogP) is -9.34. The van der Waals surface area contributed by atoms with Crippen LogP contribution in [0.5, 0.6) is 5.75 Å². The van der Waals surface area contributed by atoms with Gasteiger partial charge in [-0.25, -0.2) is 0 Å². The number of H-pyrrole nitrogens is 1. The maximum atomic E-state index is 5.76. The van der Waals surface area contributed by atoms with Gasteiger partial charge < -0.3 is 14.6 Å². The Morgan fingerprint density at radius 3 is 2.08 bits per heavy atom. The smallest absolute Gasteiger partial charge is 0.146 e. The van der Waals surface area contributed by atoms with Crippen LogP contribution in [0.15, 0.2) is 0 Å². The summed E-state index contributed by atoms with van der Waals surface area (Å²) in [5.41, 5.74) is 7.92. The largest absolute Gasteiger partial charge is 0.498 e. The molecule has 26 heavy (non-hydrogen) atoms. The van der Waals surface area contributed by atoms with Gasteiger partial charge in [0, 0.05) is 11.2 Å². The van der Waals surface area contributed by atoms with Crippen molar-refractivity contribution in [2.75, 3.05) is 20.7 Å². The van der Waals surface area contributed by atoms with Crippen LogP contribution in [0.3, 0.4) is 0 Å². The molecular weight excluding hydrogens is 309 g/mol. The molecule has 1 aliphatic rings. The van der Waals surface area contributed by atoms with Gasteiger partial charge in [-0.05, 0) is 40.6 Å². The van der Waals surface area contributed by atoms with Crippen LogP contribution in [0.1, 0.15) is 11.3 Å². The molecule has 0 unspecified atom stereocenters. The van der Waals surface area contributed by atoms with Gasteiger partial charge in [-0.15, -0.1) is 0 Å². The minimum atomic E-state index is 0.00132. The topological polar surface area (TPSA) is 28.3 Å². The van der Waals surface area contributed by atoms with Crippen LogP contribution in [0.25, 0.3) is 10.9 Å². The molecule has 2 aromatic rings. The van der Waals surface area contributed by atoms with Crippen LogP contribution in [0.4, 0.5) is 0 Å². The van der Waals surface area contributed by atoms with Gasteiger partial charge in [0.2, 0.25) is 0 Å². The summed E-state index contributed by atoms with van der Waals surface area (Å²) >= 11 is 0. The summed E-state index contributed by atoms with van der Waals surface area (Å²) in [5.74, 6) is 1.01. The Morgan fingerprint density at radius 2 is 1.54 bits per heavy atom. The molecule has 0 radical (unpaired) electrons. The first kappa shape index (κ1) is 19.9. The highest BCUT2D eigenvalue weighted by Crippen LogP contribution is 2.42. The molecule has 0 atom stereocenters. The van der Waals surface area contributed by atoms with Gasteiger partial charge in [0.1, 0.15) is 76.4 Å². The number of aromatic amines is 1. The van der Waals surface area contributed by atoms with Crippen molar-refractivity contribution in [3.05, 3.63) is 11.3 Å². The zero-order valence-electron chi connectivity index (χ0n) is 18.6. The fraction of sp³-hybridized carbons (Fsp3) is 0.429. The molecule has 2 heterocycles. The third-order valence-electron chi connectivity index (χ3n) is 7.62. The molecule has 1 aromatic heterocycles. The van der Waals surface area contributed by atoms with Crippen molar-refractivity contribution in [1.29, 1.82) is 0 Å². The zero-order valence-corrected chi connectivity index (χ0v) is 18.6. The molecule has 0 saturated carbocycles. The lowest BCUT2D eigenvalue weighted by atomic mass is 9.31. The third-order valence-corrected chi connectivity index (χ3v) is 7.62. The summed E-state index contributed by atoms with van der Waals surface area (Å²) in [6.45, 7) is 1.03. The Morgan fingerprint density at radius 1 is 0.962 bits per heavy atom. The van der Waals surface area contributed by atoms with E-state index in [1.165, 1.54) is 38.5 Å². The van der Waals surface area contributed by atoms with E-state index in [1.54, 1.807) is 7.11 Å². The summed E-state index contributed by atoms with van der Waals surface area (Å²) < 4.78 is 5.76. The van der Waals surface area contributed by atoms with Crippen LogP contribution in [-0.2, 0) is 10.4 Å². The standard InChI is InChI=1S/C14H27B9N2O/c1-25-3-12(18,19)11-5(13(20,21)14(25,22)23)4-6(15)7(16)10(26-2)8(17)9(4)24-11/h24H,3,15-23H2,1-2H3. The number of likely N-dealkylation sites (N-methyl/N-ethyl adjacent to an activating group) is 1. The number of nitrogens with one attached hydrogen (secondary N) is 1. The second-order valence-electron chi connectivity index (χ2n) is 9.96. The van der Waals surface area contributed by atoms with Crippen molar-refractivity contribution in [3.63, 3.8) is 0 Å². The molecule has 0 saturated heterocycles. The van der Waals surface area contributed by atoms with E-state index in [0.29, 0.717) is 0 Å². The molecule has 1 aromatic carbocycles. The maximum absolute atomic E-state index is 5.76. The van der Waals surface area contributed by atoms with Crippen molar-refractivity contribution in [2.24, 2.45) is 0 Å². The molecule has 3 nitrogen and oxygen atoms in total. The summed E-state index contributed by atoms with van der Waals surface area (Å²) in [4.78, 5) is 6.40. The number of fused-ring (bicyclic) bond motifs is 3. The molecule has 12 heteroatoms. The second kappa shape index (κ2) is 5.80. The number of rotatable bonds is 1. The predicted molar refractivity (Wildman–Crippen MR) is 139 cm³/mol. The van der Waals surface area contributed by atoms with Crippen LogP contribution in [0, 0.1) is 0 Å². The highest BCUT2D eigenvalue weighted by Gasteiger charge is 2.49. The van der Waals surface area contributed by atoms with Gasteiger partial charge in [-0.1, -0.05) is 16.1 Å². The van der Waals surface area contributed by atoms with Crippen molar-refractivity contribution in [2.45, 2.75) is 15.8 Å². The Balaban J connectivity index is 2.56. The molecule has 126 valence electrons. The van der Waals surface area contributed by atoms with Crippen molar-refractivity contribution >= 4 is 97.9 Å². The fourth-order valence-corrected chi connectivity index (χ4v) is 5.00. The number of nitrogens with zero attached hydrogens (tertiary/aromatic N) is 1. The van der Waals surface area contributed by atoms with Crippen LogP contribution < -0.4 is 21.1 Å². The first-order chi connectivity index (χ1) is 11.8. The van der Waals surface area contributed by atoms with Gasteiger partial charge in [-0.2, -0.15) is 0 Å². The van der Waals surface area contributed by atoms with Crippen LogP contribution in [0.2, 0.25) is 0 Å². The molecule has 0 aliphatic carbocycles. The van der Waals surface area contributed by atoms with Gasteiger partial charge >= 0.3 is 0 Å². The highest BCUT2D eigenvalue weighted by atomic mass is 16.5. The number of hydrogen-bond donors (Lipinski definition) is 1. The lowest BCUT2D eigenvalue weighted by molar-refractivity contribution is 0.257. The van der Waals surface area contributed by atoms with Gasteiger partial charge in [0.15, 0.2) is 0 Å². The van der Waals surface area contributed by atoms with E-state index in [1.807, 2.05) is 0 Å². The van der Waals surface area contributed by atoms with Gasteiger partial charge in [-0.3, -0.25) is 0 Å². The highest BCUT2D eigenvalue weighted by molar-refractivity contribution is 6.60. The van der Waals surface area contributed by atoms with Crippen LogP contribution in [-0.4, -0.2) is 107 Å². The van der Waals surface area contributed by atoms with E-state index in [0.717, 1.165) is 12.3 Å². The van der Waals surface area contributed by atoms with Gasteiger partial charge in [0.05, 0.1) is 7.11 Å². The minimum absolute atomic E-state index is 0.00132. The van der Waals surface area contributed by atoms with E-state index < -0.39 is 0 Å². The first-order valence-electron chi connectivity index (χ1n) is 9.70. The molecular formula is C14H27B9N2O. The van der Waals surface area contributed by atoms with Crippen LogP contribution >= 0.6 is 0 Å². The number of methoxy groups -OCH3 is 1. The Bertz CT molecular complexity index is 906. The number of hydrogen-bond acceptors (Lipinski definition) is 2. The third kappa shape index (κ3) is 2.36. The number of aromatic nitrogens is 1. The average molecular weight is 337 g/mol. The quantitative estimate of drug-likeness (QED) is 0.524. The SMILES string of the molecule is Bc1c(OC)c(B)c2[nH]c3c(c2c1B)C(B)(B)C(B)(B)N(C)CC3(B)B. The molecule has 3 rings (SSSR count). The molecule has 1 N–H and O–H groups in total. The number of ether oxygens (including phenoxy) is 1. The van der Waals surface area contributed by atoms with E-state index >= 15 is 0 Å². The Hall–Kier alpha value is -0.896. The Labute approximate surface area is 166 Å². The van der Waals surface area contributed by atoms with E-state index in [4.69, 9.17) is 4.74 Å². The molecule has 0 spiro atoms.